The van der Waals surface area contributed by atoms with Gasteiger partial charge in [-0.05, 0) is 12.8 Å². The van der Waals surface area contributed by atoms with E-state index in [1.54, 1.807) is 26.2 Å². The maximum Gasteiger partial charge on any atom is 0.315 e. The molecule has 0 aromatic rings. The number of aliphatic hydroxyl groups is 1. The minimum atomic E-state index is -0.549. The van der Waals surface area contributed by atoms with Crippen LogP contribution in [0.25, 0.3) is 0 Å². The summed E-state index contributed by atoms with van der Waals surface area (Å²) in [5.74, 6) is -0.0391. The van der Waals surface area contributed by atoms with Gasteiger partial charge in [-0.15, -0.1) is 0 Å². The second-order valence-corrected chi connectivity index (χ2v) is 6.75. The van der Waals surface area contributed by atoms with Crippen molar-refractivity contribution < 1.29 is 19.4 Å². The van der Waals surface area contributed by atoms with E-state index in [0.717, 1.165) is 25.7 Å². The SMILES string of the molecule is CN(C)C(=O)C[C@H]1C=C[C@H](NC(=O)NC2CCCCC2)[C@@H](CO)O1. The van der Waals surface area contributed by atoms with Crippen LogP contribution in [0.4, 0.5) is 4.79 Å². The molecule has 1 aliphatic carbocycles. The smallest absolute Gasteiger partial charge is 0.315 e. The summed E-state index contributed by atoms with van der Waals surface area (Å²) >= 11 is 0. The van der Waals surface area contributed by atoms with E-state index in [1.165, 1.54) is 11.3 Å². The number of aliphatic hydroxyl groups excluding tert-OH is 1. The summed E-state index contributed by atoms with van der Waals surface area (Å²) in [6.07, 6.45) is 8.45. The Hall–Kier alpha value is -1.60. The van der Waals surface area contributed by atoms with Gasteiger partial charge in [0.2, 0.25) is 5.91 Å². The minimum Gasteiger partial charge on any atom is -0.394 e. The highest BCUT2D eigenvalue weighted by atomic mass is 16.5. The van der Waals surface area contributed by atoms with E-state index in [1.807, 2.05) is 0 Å². The molecule has 3 amide bonds. The summed E-state index contributed by atoms with van der Waals surface area (Å²) in [6, 6.07) is -0.406. The normalized spacial score (nSPS) is 27.5. The van der Waals surface area contributed by atoms with Crippen LogP contribution in [-0.2, 0) is 9.53 Å². The van der Waals surface area contributed by atoms with E-state index in [-0.39, 0.29) is 37.1 Å². The molecule has 1 heterocycles. The molecular weight excluding hydrogens is 310 g/mol. The van der Waals surface area contributed by atoms with Gasteiger partial charge in [0, 0.05) is 20.1 Å². The van der Waals surface area contributed by atoms with Crippen LogP contribution in [0.2, 0.25) is 0 Å². The molecule has 0 radical (unpaired) electrons. The monoisotopic (exact) mass is 339 g/mol. The molecule has 7 nitrogen and oxygen atoms in total. The number of rotatable bonds is 5. The number of urea groups is 1. The molecule has 136 valence electrons. The summed E-state index contributed by atoms with van der Waals surface area (Å²) in [5, 5.41) is 15.4. The lowest BCUT2D eigenvalue weighted by molar-refractivity contribution is -0.132. The third-order valence-corrected chi connectivity index (χ3v) is 4.58. The number of hydrogen-bond acceptors (Lipinski definition) is 4. The van der Waals surface area contributed by atoms with Gasteiger partial charge in [0.15, 0.2) is 0 Å². The lowest BCUT2D eigenvalue weighted by Gasteiger charge is -2.32. The third-order valence-electron chi connectivity index (χ3n) is 4.58. The first-order valence-electron chi connectivity index (χ1n) is 8.71. The highest BCUT2D eigenvalue weighted by Gasteiger charge is 2.29. The lowest BCUT2D eigenvalue weighted by Crippen LogP contribution is -2.53. The third kappa shape index (κ3) is 5.49. The second kappa shape index (κ2) is 9.03. The number of carbonyl (C=O) groups is 2. The molecule has 0 aromatic carbocycles. The average molecular weight is 339 g/mol. The van der Waals surface area contributed by atoms with E-state index in [9.17, 15) is 14.7 Å². The fourth-order valence-corrected chi connectivity index (χ4v) is 3.12. The van der Waals surface area contributed by atoms with Crippen molar-refractivity contribution in [1.82, 2.24) is 15.5 Å². The molecule has 0 unspecified atom stereocenters. The first-order valence-corrected chi connectivity index (χ1v) is 8.71. The zero-order chi connectivity index (χ0) is 17.5. The largest absolute Gasteiger partial charge is 0.394 e. The van der Waals surface area contributed by atoms with Gasteiger partial charge in [0.1, 0.15) is 6.10 Å². The zero-order valence-corrected chi connectivity index (χ0v) is 14.5. The molecule has 1 saturated carbocycles. The number of nitrogens with zero attached hydrogens (tertiary/aromatic N) is 1. The Kier molecular flexibility index (Phi) is 7.05. The van der Waals surface area contributed by atoms with Gasteiger partial charge in [-0.25, -0.2) is 4.79 Å². The van der Waals surface area contributed by atoms with Crippen LogP contribution in [0.5, 0.6) is 0 Å². The summed E-state index contributed by atoms with van der Waals surface area (Å²) in [4.78, 5) is 25.4. The van der Waals surface area contributed by atoms with Crippen LogP contribution < -0.4 is 10.6 Å². The highest BCUT2D eigenvalue weighted by molar-refractivity contribution is 5.76. The molecule has 3 N–H and O–H groups in total. The second-order valence-electron chi connectivity index (χ2n) is 6.75. The van der Waals surface area contributed by atoms with Crippen molar-refractivity contribution in [2.45, 2.75) is 62.8 Å². The zero-order valence-electron chi connectivity index (χ0n) is 14.5. The summed E-state index contributed by atoms with van der Waals surface area (Å²) in [5.41, 5.74) is 0. The highest BCUT2D eigenvalue weighted by Crippen LogP contribution is 2.18. The molecule has 0 spiro atoms. The molecule has 0 saturated heterocycles. The van der Waals surface area contributed by atoms with Crippen LogP contribution in [0.15, 0.2) is 12.2 Å². The molecule has 7 heteroatoms. The van der Waals surface area contributed by atoms with Crippen molar-refractivity contribution in [2.75, 3.05) is 20.7 Å². The molecule has 1 aliphatic heterocycles. The van der Waals surface area contributed by atoms with Crippen molar-refractivity contribution in [3.05, 3.63) is 12.2 Å². The van der Waals surface area contributed by atoms with Gasteiger partial charge < -0.3 is 25.4 Å². The Morgan fingerprint density at radius 1 is 1.17 bits per heavy atom. The molecular formula is C17H29N3O4. The van der Waals surface area contributed by atoms with E-state index in [4.69, 9.17) is 4.74 Å². The molecule has 1 fully saturated rings. The number of ether oxygens (including phenoxy) is 1. The van der Waals surface area contributed by atoms with Gasteiger partial charge in [-0.1, -0.05) is 31.4 Å². The van der Waals surface area contributed by atoms with E-state index >= 15 is 0 Å². The maximum atomic E-state index is 12.1. The van der Waals surface area contributed by atoms with E-state index in [2.05, 4.69) is 10.6 Å². The number of carbonyl (C=O) groups excluding carboxylic acids is 2. The Labute approximate surface area is 143 Å². The van der Waals surface area contributed by atoms with Crippen LogP contribution in [-0.4, -0.2) is 66.9 Å². The summed E-state index contributed by atoms with van der Waals surface area (Å²) < 4.78 is 5.73. The topological polar surface area (TPSA) is 90.9 Å². The van der Waals surface area contributed by atoms with Crippen molar-refractivity contribution in [3.63, 3.8) is 0 Å². The van der Waals surface area contributed by atoms with Gasteiger partial charge in [0.05, 0.1) is 25.2 Å². The predicted octanol–water partition coefficient (Wildman–Crippen LogP) is 0.781. The van der Waals surface area contributed by atoms with Crippen LogP contribution in [0.1, 0.15) is 38.5 Å². The molecule has 2 rings (SSSR count). The molecule has 3 atom stereocenters. The van der Waals surface area contributed by atoms with Crippen LogP contribution in [0.3, 0.4) is 0 Å². The van der Waals surface area contributed by atoms with Crippen molar-refractivity contribution in [2.24, 2.45) is 0 Å². The molecule has 24 heavy (non-hydrogen) atoms. The standard InChI is InChI=1S/C17H29N3O4/c1-20(2)16(22)10-13-8-9-14(15(11-21)24-13)19-17(23)18-12-6-4-3-5-7-12/h8-9,12-15,21H,3-7,10-11H2,1-2H3,(H2,18,19,23)/t13-,14+,15-/m1/s1. The van der Waals surface area contributed by atoms with Gasteiger partial charge in [-0.3, -0.25) is 4.79 Å². The maximum absolute atomic E-state index is 12.1. The average Bonchev–Trinajstić information content (AvgIpc) is 2.56. The molecule has 0 bridgehead atoms. The van der Waals surface area contributed by atoms with Crippen LogP contribution >= 0.6 is 0 Å². The van der Waals surface area contributed by atoms with Crippen molar-refractivity contribution >= 4 is 11.9 Å². The Balaban J connectivity index is 1.85. The number of amides is 3. The number of hydrogen-bond donors (Lipinski definition) is 3. The predicted molar refractivity (Wildman–Crippen MR) is 90.5 cm³/mol. The lowest BCUT2D eigenvalue weighted by atomic mass is 9.96. The quantitative estimate of drug-likeness (QED) is 0.646. The van der Waals surface area contributed by atoms with E-state index in [0.29, 0.717) is 0 Å². The van der Waals surface area contributed by atoms with Crippen molar-refractivity contribution in [3.8, 4) is 0 Å². The fourth-order valence-electron chi connectivity index (χ4n) is 3.12. The Morgan fingerprint density at radius 2 is 1.88 bits per heavy atom. The Morgan fingerprint density at radius 3 is 2.50 bits per heavy atom. The summed E-state index contributed by atoms with van der Waals surface area (Å²) in [7, 11) is 3.39. The van der Waals surface area contributed by atoms with Crippen molar-refractivity contribution in [1.29, 1.82) is 0 Å². The molecule has 2 aliphatic rings. The van der Waals surface area contributed by atoms with Crippen LogP contribution in [0, 0.1) is 0 Å². The number of nitrogens with one attached hydrogen (secondary N) is 2. The first-order chi connectivity index (χ1) is 11.5. The molecule has 0 aromatic heterocycles. The fraction of sp³-hybridized carbons (Fsp3) is 0.765. The van der Waals surface area contributed by atoms with E-state index < -0.39 is 12.1 Å². The van der Waals surface area contributed by atoms with Gasteiger partial charge in [0.25, 0.3) is 0 Å². The summed E-state index contributed by atoms with van der Waals surface area (Å²) in [6.45, 7) is -0.217. The van der Waals surface area contributed by atoms with Gasteiger partial charge >= 0.3 is 6.03 Å². The minimum absolute atomic E-state index is 0.0391. The Bertz CT molecular complexity index is 461. The first kappa shape index (κ1) is 18.7. The van der Waals surface area contributed by atoms with Gasteiger partial charge in [-0.2, -0.15) is 0 Å².